The molecule has 1 N–H and O–H groups in total. The second kappa shape index (κ2) is 8.26. The number of sulfonamides is 1. The molecule has 6 nitrogen and oxygen atoms in total. The predicted molar refractivity (Wildman–Crippen MR) is 115 cm³/mol. The Balaban J connectivity index is 1.99. The molecule has 0 atom stereocenters. The number of anilines is 2. The summed E-state index contributed by atoms with van der Waals surface area (Å²) in [7, 11) is -4.13. The summed E-state index contributed by atoms with van der Waals surface area (Å²) in [4.78, 5) is 14.4. The fraction of sp³-hybridized carbons (Fsp3) is 0.409. The van der Waals surface area contributed by atoms with Gasteiger partial charge >= 0.3 is 0 Å². The number of halogens is 1. The first-order valence-electron chi connectivity index (χ1n) is 9.87. The van der Waals surface area contributed by atoms with Gasteiger partial charge in [-0.25, -0.2) is 12.8 Å². The first-order valence-corrected chi connectivity index (χ1v) is 11.4. The van der Waals surface area contributed by atoms with Crippen LogP contribution in [0.25, 0.3) is 0 Å². The summed E-state index contributed by atoms with van der Waals surface area (Å²) in [6, 6.07) is 9.91. The molecule has 1 heterocycles. The lowest BCUT2D eigenvalue weighted by Gasteiger charge is -2.28. The van der Waals surface area contributed by atoms with E-state index in [1.807, 2.05) is 13.8 Å². The van der Waals surface area contributed by atoms with Crippen LogP contribution in [0.5, 0.6) is 5.75 Å². The molecule has 1 amide bonds. The molecular formula is C22H27FN2O4S. The van der Waals surface area contributed by atoms with Crippen molar-refractivity contribution in [2.45, 2.75) is 39.0 Å². The molecule has 0 saturated carbocycles. The van der Waals surface area contributed by atoms with Crippen molar-refractivity contribution < 1.29 is 22.3 Å². The maximum absolute atomic E-state index is 14.0. The quantitative estimate of drug-likeness (QED) is 0.730. The smallest absolute Gasteiger partial charge is 0.264 e. The average Bonchev–Trinajstić information content (AvgIpc) is 2.75. The van der Waals surface area contributed by atoms with Crippen molar-refractivity contribution in [1.82, 2.24) is 0 Å². The van der Waals surface area contributed by atoms with Crippen LogP contribution in [0.1, 0.15) is 34.1 Å². The minimum absolute atomic E-state index is 0.0870. The van der Waals surface area contributed by atoms with E-state index in [1.54, 1.807) is 23.1 Å². The Kier molecular flexibility index (Phi) is 6.08. The number of hydrogen-bond acceptors (Lipinski definition) is 4. The molecule has 0 aromatic heterocycles. The van der Waals surface area contributed by atoms with E-state index in [9.17, 15) is 17.6 Å². The molecule has 0 spiro atoms. The Hall–Kier alpha value is -2.61. The fourth-order valence-corrected chi connectivity index (χ4v) is 4.32. The van der Waals surface area contributed by atoms with Crippen LogP contribution in [0.4, 0.5) is 15.8 Å². The lowest BCUT2D eigenvalue weighted by atomic mass is 9.92. The van der Waals surface area contributed by atoms with Crippen LogP contribution in [0.2, 0.25) is 0 Å². The molecule has 162 valence electrons. The Morgan fingerprint density at radius 3 is 2.57 bits per heavy atom. The second-order valence-electron chi connectivity index (χ2n) is 8.53. The molecule has 2 aromatic rings. The molecule has 0 aliphatic carbocycles. The van der Waals surface area contributed by atoms with Gasteiger partial charge in [-0.1, -0.05) is 26.0 Å². The van der Waals surface area contributed by atoms with E-state index in [0.717, 1.165) is 12.5 Å². The van der Waals surface area contributed by atoms with E-state index in [4.69, 9.17) is 4.74 Å². The van der Waals surface area contributed by atoms with Crippen LogP contribution < -0.4 is 14.4 Å². The monoisotopic (exact) mass is 434 g/mol. The molecular weight excluding hydrogens is 407 g/mol. The lowest BCUT2D eigenvalue weighted by Crippen LogP contribution is -2.42. The van der Waals surface area contributed by atoms with Gasteiger partial charge in [0, 0.05) is 6.54 Å². The Labute approximate surface area is 177 Å². The first kappa shape index (κ1) is 22.1. The number of rotatable bonds is 6. The van der Waals surface area contributed by atoms with Crippen LogP contribution in [-0.2, 0) is 14.8 Å². The second-order valence-corrected chi connectivity index (χ2v) is 10.2. The minimum Gasteiger partial charge on any atom is -0.490 e. The molecule has 0 radical (unpaired) electrons. The molecule has 3 rings (SSSR count). The highest BCUT2D eigenvalue weighted by molar-refractivity contribution is 7.92. The zero-order chi connectivity index (χ0) is 22.1. The SMILES string of the molecule is CC(C)CCN1C(=O)C(C)(C)COc2ccc(NS(=O)(=O)c3ccccc3F)cc21. The van der Waals surface area contributed by atoms with Crippen LogP contribution in [0.15, 0.2) is 47.4 Å². The van der Waals surface area contributed by atoms with Gasteiger partial charge in [0.1, 0.15) is 23.1 Å². The molecule has 0 bridgehead atoms. The van der Waals surface area contributed by atoms with Gasteiger partial charge in [-0.15, -0.1) is 0 Å². The third-order valence-electron chi connectivity index (χ3n) is 4.97. The van der Waals surface area contributed by atoms with Crippen molar-refractivity contribution >= 4 is 27.3 Å². The number of benzene rings is 2. The van der Waals surface area contributed by atoms with Gasteiger partial charge in [0.25, 0.3) is 10.0 Å². The molecule has 0 saturated heterocycles. The highest BCUT2D eigenvalue weighted by atomic mass is 32.2. The summed E-state index contributed by atoms with van der Waals surface area (Å²) in [6.45, 7) is 8.50. The van der Waals surface area contributed by atoms with Gasteiger partial charge in [-0.2, -0.15) is 0 Å². The molecule has 2 aromatic carbocycles. The maximum Gasteiger partial charge on any atom is 0.264 e. The lowest BCUT2D eigenvalue weighted by molar-refractivity contribution is -0.127. The van der Waals surface area contributed by atoms with E-state index >= 15 is 0 Å². The van der Waals surface area contributed by atoms with Crippen molar-refractivity contribution in [3.8, 4) is 5.75 Å². The minimum atomic E-state index is -4.13. The van der Waals surface area contributed by atoms with Gasteiger partial charge < -0.3 is 9.64 Å². The summed E-state index contributed by atoms with van der Waals surface area (Å²) >= 11 is 0. The number of amides is 1. The van der Waals surface area contributed by atoms with Crippen molar-refractivity contribution in [1.29, 1.82) is 0 Å². The van der Waals surface area contributed by atoms with E-state index in [0.29, 0.717) is 23.9 Å². The summed E-state index contributed by atoms with van der Waals surface area (Å²) in [6.07, 6.45) is 0.784. The van der Waals surface area contributed by atoms with Crippen LogP contribution in [-0.4, -0.2) is 27.5 Å². The maximum atomic E-state index is 14.0. The Morgan fingerprint density at radius 2 is 1.90 bits per heavy atom. The number of nitrogens with zero attached hydrogens (tertiary/aromatic N) is 1. The highest BCUT2D eigenvalue weighted by Crippen LogP contribution is 2.39. The first-order chi connectivity index (χ1) is 14.0. The van der Waals surface area contributed by atoms with Crippen LogP contribution >= 0.6 is 0 Å². The van der Waals surface area contributed by atoms with Crippen molar-refractivity contribution in [3.63, 3.8) is 0 Å². The third-order valence-corrected chi connectivity index (χ3v) is 6.39. The van der Waals surface area contributed by atoms with Crippen LogP contribution in [0.3, 0.4) is 0 Å². The number of carbonyl (C=O) groups excluding carboxylic acids is 1. The molecule has 8 heteroatoms. The van der Waals surface area contributed by atoms with Gasteiger partial charge in [0.2, 0.25) is 5.91 Å². The summed E-state index contributed by atoms with van der Waals surface area (Å²) < 4.78 is 47.6. The van der Waals surface area contributed by atoms with Crippen molar-refractivity contribution in [2.75, 3.05) is 22.8 Å². The van der Waals surface area contributed by atoms with E-state index < -0.39 is 26.2 Å². The number of ether oxygens (including phenoxy) is 1. The van der Waals surface area contributed by atoms with Gasteiger partial charge in [0.15, 0.2) is 0 Å². The number of hydrogen-bond donors (Lipinski definition) is 1. The third kappa shape index (κ3) is 4.59. The summed E-state index contributed by atoms with van der Waals surface area (Å²) in [5.74, 6) is -0.0302. The Bertz CT molecular complexity index is 1050. The van der Waals surface area contributed by atoms with E-state index in [1.165, 1.54) is 18.2 Å². The molecule has 1 aliphatic rings. The Morgan fingerprint density at radius 1 is 1.20 bits per heavy atom. The normalized spacial score (nSPS) is 16.1. The zero-order valence-corrected chi connectivity index (χ0v) is 18.4. The molecule has 0 fully saturated rings. The van der Waals surface area contributed by atoms with Crippen LogP contribution in [0, 0.1) is 17.2 Å². The van der Waals surface area contributed by atoms with Crippen molar-refractivity contribution in [3.05, 3.63) is 48.3 Å². The predicted octanol–water partition coefficient (Wildman–Crippen LogP) is 4.42. The largest absolute Gasteiger partial charge is 0.490 e. The standard InChI is InChI=1S/C22H27FN2O4S/c1-15(2)11-12-25-18-13-16(9-10-19(18)29-14-22(3,4)21(25)26)24-30(27,28)20-8-6-5-7-17(20)23/h5-10,13,15,24H,11-12,14H2,1-4H3. The van der Waals surface area contributed by atoms with E-state index in [2.05, 4.69) is 18.6 Å². The summed E-state index contributed by atoms with van der Waals surface area (Å²) in [5.41, 5.74) is 0.00523. The number of nitrogens with one attached hydrogen (secondary N) is 1. The highest BCUT2D eigenvalue weighted by Gasteiger charge is 2.38. The van der Waals surface area contributed by atoms with Gasteiger partial charge in [0.05, 0.1) is 16.8 Å². The van der Waals surface area contributed by atoms with Gasteiger partial charge in [-0.3, -0.25) is 9.52 Å². The fourth-order valence-electron chi connectivity index (χ4n) is 3.19. The van der Waals surface area contributed by atoms with Crippen molar-refractivity contribution in [2.24, 2.45) is 11.3 Å². The topological polar surface area (TPSA) is 75.7 Å². The van der Waals surface area contributed by atoms with Gasteiger partial charge in [-0.05, 0) is 56.5 Å². The molecule has 0 unspecified atom stereocenters. The molecule has 30 heavy (non-hydrogen) atoms. The van der Waals surface area contributed by atoms with E-state index in [-0.39, 0.29) is 18.2 Å². The number of carbonyl (C=O) groups is 1. The molecule has 1 aliphatic heterocycles. The average molecular weight is 435 g/mol. The number of fused-ring (bicyclic) bond motifs is 1. The summed E-state index contributed by atoms with van der Waals surface area (Å²) in [5, 5.41) is 0. The zero-order valence-electron chi connectivity index (χ0n) is 17.6.